The number of allylic oxidation sites excluding steroid dienone is 1. The van der Waals surface area contributed by atoms with Gasteiger partial charge in [-0.3, -0.25) is 4.90 Å². The number of ether oxygens (including phenoxy) is 1. The normalized spacial score (nSPS) is 22.3. The van der Waals surface area contributed by atoms with Gasteiger partial charge >= 0.3 is 0 Å². The van der Waals surface area contributed by atoms with E-state index in [1.807, 2.05) is 17.5 Å². The van der Waals surface area contributed by atoms with E-state index in [1.165, 1.54) is 4.88 Å². The molecule has 2 aromatic rings. The van der Waals surface area contributed by atoms with E-state index in [9.17, 15) is 5.26 Å². The Kier molecular flexibility index (Phi) is 4.68. The van der Waals surface area contributed by atoms with Crippen molar-refractivity contribution < 1.29 is 4.74 Å². The summed E-state index contributed by atoms with van der Waals surface area (Å²) in [6.45, 7) is 4.71. The number of nitrogens with two attached hydrogens (primary N) is 1. The number of likely N-dealkylation sites (N-methyl/N-ethyl adjacent to an activating group) is 1. The average Bonchev–Trinajstić information content (AvgIpc) is 3.34. The highest BCUT2D eigenvalue weighted by Crippen LogP contribution is 2.44. The Morgan fingerprint density at radius 2 is 2.12 bits per heavy atom. The Morgan fingerprint density at radius 1 is 1.31 bits per heavy atom. The van der Waals surface area contributed by atoms with Gasteiger partial charge in [0.05, 0.1) is 5.92 Å². The molecule has 0 amide bonds. The molecule has 0 aromatic carbocycles. The third-order valence-corrected chi connectivity index (χ3v) is 6.50. The molecule has 0 fully saturated rings. The van der Waals surface area contributed by atoms with Gasteiger partial charge in [0.2, 0.25) is 5.88 Å². The van der Waals surface area contributed by atoms with Crippen LogP contribution in [0.1, 0.15) is 22.6 Å². The van der Waals surface area contributed by atoms with E-state index in [2.05, 4.69) is 41.5 Å². The minimum absolute atomic E-state index is 0.121. The van der Waals surface area contributed by atoms with Crippen LogP contribution >= 0.6 is 22.7 Å². The molecule has 0 bridgehead atoms. The molecule has 0 radical (unpaired) electrons. The van der Waals surface area contributed by atoms with Crippen LogP contribution in [0.2, 0.25) is 0 Å². The lowest BCUT2D eigenvalue weighted by Gasteiger charge is -2.37. The second-order valence-electron chi connectivity index (χ2n) is 6.28. The summed E-state index contributed by atoms with van der Waals surface area (Å²) >= 11 is 3.36. The minimum atomic E-state index is -0.121. The molecular formula is C20H19N3OS2. The Balaban J connectivity index is 1.87. The number of thiophene rings is 2. The van der Waals surface area contributed by atoms with E-state index in [-0.39, 0.29) is 11.8 Å². The van der Waals surface area contributed by atoms with Gasteiger partial charge in [-0.2, -0.15) is 5.26 Å². The van der Waals surface area contributed by atoms with Crippen LogP contribution in [0.3, 0.4) is 0 Å². The standard InChI is InChI=1S/C20H19N3OS2/c1-2-23-11-13(9-14-5-3-7-25-14)19-16(12-23)18(17-6-4-8-26-17)15(10-21)20(22)24-19/h3-9,18H,2,11-12,22H2,1H3/b13-9+/t18-/m1/s1. The van der Waals surface area contributed by atoms with E-state index in [1.54, 1.807) is 22.7 Å². The zero-order valence-corrected chi connectivity index (χ0v) is 16.1. The van der Waals surface area contributed by atoms with Crippen LogP contribution in [-0.2, 0) is 4.74 Å². The summed E-state index contributed by atoms with van der Waals surface area (Å²) in [6, 6.07) is 10.5. The molecule has 4 heterocycles. The first-order chi connectivity index (χ1) is 12.7. The Bertz CT molecular complexity index is 930. The van der Waals surface area contributed by atoms with Crippen molar-refractivity contribution in [2.24, 2.45) is 5.73 Å². The van der Waals surface area contributed by atoms with Crippen LogP contribution in [-0.4, -0.2) is 24.5 Å². The second-order valence-corrected chi connectivity index (χ2v) is 8.24. The highest BCUT2D eigenvalue weighted by molar-refractivity contribution is 7.10. The zero-order chi connectivity index (χ0) is 18.1. The molecule has 0 aliphatic carbocycles. The van der Waals surface area contributed by atoms with E-state index >= 15 is 0 Å². The number of rotatable bonds is 3. The lowest BCUT2D eigenvalue weighted by molar-refractivity contribution is 0.239. The van der Waals surface area contributed by atoms with Gasteiger partial charge in [-0.25, -0.2) is 0 Å². The lowest BCUT2D eigenvalue weighted by Crippen LogP contribution is -2.37. The van der Waals surface area contributed by atoms with Gasteiger partial charge in [0.15, 0.2) is 0 Å². The quantitative estimate of drug-likeness (QED) is 0.861. The number of nitrogens with zero attached hydrogens (tertiary/aromatic N) is 2. The highest BCUT2D eigenvalue weighted by Gasteiger charge is 2.37. The molecule has 6 heteroatoms. The molecule has 26 heavy (non-hydrogen) atoms. The number of hydrogen-bond acceptors (Lipinski definition) is 6. The molecule has 2 aliphatic heterocycles. The fourth-order valence-electron chi connectivity index (χ4n) is 3.49. The maximum Gasteiger partial charge on any atom is 0.205 e. The summed E-state index contributed by atoms with van der Waals surface area (Å²) in [5, 5.41) is 13.8. The maximum absolute atomic E-state index is 9.70. The fraction of sp³-hybridized carbons (Fsp3) is 0.250. The predicted molar refractivity (Wildman–Crippen MR) is 106 cm³/mol. The van der Waals surface area contributed by atoms with Crippen LogP contribution in [0, 0.1) is 11.3 Å². The SMILES string of the molecule is CCN1CC2=C(OC(N)=C(C#N)[C@H]2c2cccs2)/C(=C/c2cccs2)C1. The molecule has 0 spiro atoms. The van der Waals surface area contributed by atoms with E-state index < -0.39 is 0 Å². The first-order valence-electron chi connectivity index (χ1n) is 8.52. The largest absolute Gasteiger partial charge is 0.440 e. The summed E-state index contributed by atoms with van der Waals surface area (Å²) in [7, 11) is 0. The molecule has 4 nitrogen and oxygen atoms in total. The third-order valence-electron chi connectivity index (χ3n) is 4.74. The molecule has 4 rings (SSSR count). The zero-order valence-electron chi connectivity index (χ0n) is 14.4. The summed E-state index contributed by atoms with van der Waals surface area (Å²) < 4.78 is 6.01. The van der Waals surface area contributed by atoms with Crippen molar-refractivity contribution in [1.29, 1.82) is 5.26 Å². The van der Waals surface area contributed by atoms with Gasteiger partial charge in [-0.15, -0.1) is 22.7 Å². The molecule has 2 aliphatic rings. The molecule has 0 unspecified atom stereocenters. The van der Waals surface area contributed by atoms with Crippen molar-refractivity contribution in [2.75, 3.05) is 19.6 Å². The fourth-order valence-corrected chi connectivity index (χ4v) is 5.04. The van der Waals surface area contributed by atoms with Crippen molar-refractivity contribution in [3.63, 3.8) is 0 Å². The summed E-state index contributed by atoms with van der Waals surface area (Å²) in [4.78, 5) is 4.70. The van der Waals surface area contributed by atoms with Crippen molar-refractivity contribution in [2.45, 2.75) is 12.8 Å². The topological polar surface area (TPSA) is 62.3 Å². The predicted octanol–water partition coefficient (Wildman–Crippen LogP) is 4.29. The molecule has 2 aromatic heterocycles. The van der Waals surface area contributed by atoms with Gasteiger partial charge < -0.3 is 10.5 Å². The molecule has 0 saturated carbocycles. The van der Waals surface area contributed by atoms with Gasteiger partial charge in [0.1, 0.15) is 17.4 Å². The maximum atomic E-state index is 9.70. The van der Waals surface area contributed by atoms with Crippen molar-refractivity contribution in [3.05, 3.63) is 73.1 Å². The minimum Gasteiger partial charge on any atom is -0.440 e. The van der Waals surface area contributed by atoms with Crippen LogP contribution in [0.25, 0.3) is 6.08 Å². The Hall–Kier alpha value is -2.33. The molecule has 132 valence electrons. The van der Waals surface area contributed by atoms with Gasteiger partial charge in [0.25, 0.3) is 0 Å². The van der Waals surface area contributed by atoms with Gasteiger partial charge in [0, 0.05) is 34.0 Å². The second kappa shape index (κ2) is 7.12. The molecule has 2 N–H and O–H groups in total. The summed E-state index contributed by atoms with van der Waals surface area (Å²) in [5.41, 5.74) is 8.93. The van der Waals surface area contributed by atoms with Crippen molar-refractivity contribution in [1.82, 2.24) is 4.90 Å². The van der Waals surface area contributed by atoms with Crippen LogP contribution < -0.4 is 5.73 Å². The van der Waals surface area contributed by atoms with E-state index in [0.29, 0.717) is 5.57 Å². The summed E-state index contributed by atoms with van der Waals surface area (Å²) in [5.74, 6) is 0.953. The smallest absolute Gasteiger partial charge is 0.205 e. The van der Waals surface area contributed by atoms with Gasteiger partial charge in [-0.05, 0) is 35.5 Å². The average molecular weight is 382 g/mol. The highest BCUT2D eigenvalue weighted by atomic mass is 32.1. The lowest BCUT2D eigenvalue weighted by atomic mass is 9.84. The monoisotopic (exact) mass is 381 g/mol. The van der Waals surface area contributed by atoms with Crippen LogP contribution in [0.4, 0.5) is 0 Å². The number of nitriles is 1. The van der Waals surface area contributed by atoms with Gasteiger partial charge in [-0.1, -0.05) is 19.1 Å². The molecular weight excluding hydrogens is 362 g/mol. The first kappa shape index (κ1) is 17.1. The first-order valence-corrected chi connectivity index (χ1v) is 10.3. The van der Waals surface area contributed by atoms with Crippen LogP contribution in [0.15, 0.2) is 63.4 Å². The van der Waals surface area contributed by atoms with E-state index in [0.717, 1.165) is 41.4 Å². The van der Waals surface area contributed by atoms with Crippen molar-refractivity contribution in [3.8, 4) is 6.07 Å². The Labute approximate surface area is 161 Å². The van der Waals surface area contributed by atoms with E-state index in [4.69, 9.17) is 10.5 Å². The van der Waals surface area contributed by atoms with Crippen molar-refractivity contribution >= 4 is 28.7 Å². The molecule has 1 atom stereocenters. The Morgan fingerprint density at radius 3 is 2.77 bits per heavy atom. The van der Waals surface area contributed by atoms with Crippen LogP contribution in [0.5, 0.6) is 0 Å². The molecule has 0 saturated heterocycles. The summed E-state index contributed by atoms with van der Waals surface area (Å²) in [6.07, 6.45) is 2.18. The third kappa shape index (κ3) is 2.99. The number of hydrogen-bond donors (Lipinski definition) is 1.